The predicted octanol–water partition coefficient (Wildman–Crippen LogP) is 1.69. The molecule has 1 rings (SSSR count). The lowest BCUT2D eigenvalue weighted by Crippen LogP contribution is -2.35. The van der Waals surface area contributed by atoms with Crippen molar-refractivity contribution in [3.8, 4) is 6.07 Å². The van der Waals surface area contributed by atoms with E-state index in [9.17, 15) is 4.79 Å². The molecule has 0 bridgehead atoms. The zero-order valence-electron chi connectivity index (χ0n) is 8.49. The maximum absolute atomic E-state index is 11.5. The van der Waals surface area contributed by atoms with E-state index in [4.69, 9.17) is 11.0 Å². The fourth-order valence-electron chi connectivity index (χ4n) is 1.14. The average Bonchev–Trinajstić information content (AvgIpc) is 2.65. The molecule has 3 N–H and O–H groups in total. The van der Waals surface area contributed by atoms with E-state index in [1.165, 1.54) is 11.3 Å². The minimum absolute atomic E-state index is 0.226. The lowest BCUT2D eigenvalue weighted by Gasteiger charge is -2.09. The standard InChI is InChI=1S/C10H13N3OS/c1-2-3-8(12)9(14)13-10-7(6-11)4-5-15-10/h4-5,8H,2-3,12H2,1H3,(H,13,14)/t8-/m1/s1. The van der Waals surface area contributed by atoms with Crippen LogP contribution in [0.2, 0.25) is 0 Å². The molecular formula is C10H13N3OS. The van der Waals surface area contributed by atoms with Gasteiger partial charge in [0.25, 0.3) is 0 Å². The van der Waals surface area contributed by atoms with Crippen molar-refractivity contribution in [1.82, 2.24) is 0 Å². The van der Waals surface area contributed by atoms with E-state index >= 15 is 0 Å². The van der Waals surface area contributed by atoms with E-state index < -0.39 is 6.04 Å². The van der Waals surface area contributed by atoms with Gasteiger partial charge in [-0.05, 0) is 17.9 Å². The number of hydrogen-bond acceptors (Lipinski definition) is 4. The van der Waals surface area contributed by atoms with Gasteiger partial charge in [-0.3, -0.25) is 4.79 Å². The molecule has 80 valence electrons. The molecule has 0 spiro atoms. The minimum Gasteiger partial charge on any atom is -0.320 e. The first-order valence-corrected chi connectivity index (χ1v) is 5.61. The molecule has 0 aromatic carbocycles. The number of anilines is 1. The number of nitrogens with one attached hydrogen (secondary N) is 1. The average molecular weight is 223 g/mol. The van der Waals surface area contributed by atoms with E-state index in [1.54, 1.807) is 11.4 Å². The highest BCUT2D eigenvalue weighted by Crippen LogP contribution is 2.22. The van der Waals surface area contributed by atoms with Crippen LogP contribution in [0.3, 0.4) is 0 Å². The van der Waals surface area contributed by atoms with E-state index in [-0.39, 0.29) is 5.91 Å². The van der Waals surface area contributed by atoms with Crippen molar-refractivity contribution >= 4 is 22.2 Å². The van der Waals surface area contributed by atoms with Crippen LogP contribution in [0.25, 0.3) is 0 Å². The molecule has 15 heavy (non-hydrogen) atoms. The Labute approximate surface area is 92.7 Å². The Bertz CT molecular complexity index is 380. The second-order valence-corrected chi connectivity index (χ2v) is 4.08. The third-order valence-corrected chi connectivity index (χ3v) is 2.79. The van der Waals surface area contributed by atoms with Gasteiger partial charge < -0.3 is 11.1 Å². The molecule has 0 saturated carbocycles. The lowest BCUT2D eigenvalue weighted by atomic mass is 10.2. The summed E-state index contributed by atoms with van der Waals surface area (Å²) in [6.07, 6.45) is 1.52. The molecule has 1 amide bonds. The SMILES string of the molecule is CCC[C@@H](N)C(=O)Nc1sccc1C#N. The van der Waals surface area contributed by atoms with Crippen molar-refractivity contribution in [2.45, 2.75) is 25.8 Å². The first kappa shape index (κ1) is 11.7. The van der Waals surface area contributed by atoms with Crippen molar-refractivity contribution in [2.24, 2.45) is 5.73 Å². The van der Waals surface area contributed by atoms with Gasteiger partial charge in [0.2, 0.25) is 5.91 Å². The van der Waals surface area contributed by atoms with Gasteiger partial charge in [-0.25, -0.2) is 0 Å². The number of thiophene rings is 1. The third kappa shape index (κ3) is 3.05. The number of carbonyl (C=O) groups excluding carboxylic acids is 1. The fourth-order valence-corrected chi connectivity index (χ4v) is 1.88. The summed E-state index contributed by atoms with van der Waals surface area (Å²) in [5.74, 6) is -0.226. The second-order valence-electron chi connectivity index (χ2n) is 3.16. The maximum atomic E-state index is 11.5. The monoisotopic (exact) mass is 223 g/mol. The summed E-state index contributed by atoms with van der Waals surface area (Å²) < 4.78 is 0. The summed E-state index contributed by atoms with van der Waals surface area (Å²) in [7, 11) is 0. The molecule has 1 heterocycles. The van der Waals surface area contributed by atoms with Crippen LogP contribution in [0.1, 0.15) is 25.3 Å². The Morgan fingerprint density at radius 2 is 2.53 bits per heavy atom. The van der Waals surface area contributed by atoms with Crippen molar-refractivity contribution in [3.63, 3.8) is 0 Å². The van der Waals surface area contributed by atoms with Gasteiger partial charge in [0.1, 0.15) is 11.1 Å². The Kier molecular flexibility index (Phi) is 4.28. The lowest BCUT2D eigenvalue weighted by molar-refractivity contribution is -0.117. The molecule has 1 aromatic heterocycles. The van der Waals surface area contributed by atoms with E-state index in [0.717, 1.165) is 6.42 Å². The Balaban J connectivity index is 2.63. The number of nitrogens with two attached hydrogens (primary N) is 1. The van der Waals surface area contributed by atoms with Gasteiger partial charge in [0.15, 0.2) is 0 Å². The summed E-state index contributed by atoms with van der Waals surface area (Å²) in [6.45, 7) is 1.97. The molecule has 0 fully saturated rings. The zero-order chi connectivity index (χ0) is 11.3. The molecule has 1 aromatic rings. The molecule has 4 nitrogen and oxygen atoms in total. The Morgan fingerprint density at radius 3 is 3.13 bits per heavy atom. The van der Waals surface area contributed by atoms with Gasteiger partial charge in [-0.15, -0.1) is 11.3 Å². The minimum atomic E-state index is -0.497. The molecule has 0 aliphatic carbocycles. The van der Waals surface area contributed by atoms with E-state index in [0.29, 0.717) is 17.0 Å². The van der Waals surface area contributed by atoms with E-state index in [1.807, 2.05) is 13.0 Å². The normalized spacial score (nSPS) is 11.8. The highest BCUT2D eigenvalue weighted by Gasteiger charge is 2.14. The van der Waals surface area contributed by atoms with Crippen molar-refractivity contribution in [1.29, 1.82) is 5.26 Å². The fraction of sp³-hybridized carbons (Fsp3) is 0.400. The molecule has 0 unspecified atom stereocenters. The van der Waals surface area contributed by atoms with Gasteiger partial charge in [0, 0.05) is 0 Å². The summed E-state index contributed by atoms with van der Waals surface area (Å²) in [5.41, 5.74) is 6.13. The number of amides is 1. The van der Waals surface area contributed by atoms with Gasteiger partial charge in [-0.2, -0.15) is 5.26 Å². The van der Waals surface area contributed by atoms with Crippen LogP contribution in [0, 0.1) is 11.3 Å². The Hall–Kier alpha value is -1.38. The molecule has 0 aliphatic rings. The summed E-state index contributed by atoms with van der Waals surface area (Å²) in [6, 6.07) is 3.18. The highest BCUT2D eigenvalue weighted by molar-refractivity contribution is 7.14. The number of carbonyl (C=O) groups is 1. The predicted molar refractivity (Wildman–Crippen MR) is 60.5 cm³/mol. The van der Waals surface area contributed by atoms with Crippen LogP contribution in [0.15, 0.2) is 11.4 Å². The first-order chi connectivity index (χ1) is 7.19. The van der Waals surface area contributed by atoms with Gasteiger partial charge >= 0.3 is 0 Å². The summed E-state index contributed by atoms with van der Waals surface area (Å²) >= 11 is 1.33. The van der Waals surface area contributed by atoms with Crippen LogP contribution in [-0.2, 0) is 4.79 Å². The first-order valence-electron chi connectivity index (χ1n) is 4.73. The van der Waals surface area contributed by atoms with Gasteiger partial charge in [0.05, 0.1) is 11.6 Å². The van der Waals surface area contributed by atoms with E-state index in [2.05, 4.69) is 5.32 Å². The van der Waals surface area contributed by atoms with Crippen LogP contribution in [0.5, 0.6) is 0 Å². The summed E-state index contributed by atoms with van der Waals surface area (Å²) in [4.78, 5) is 11.5. The van der Waals surface area contributed by atoms with Crippen molar-refractivity contribution in [3.05, 3.63) is 17.0 Å². The molecule has 0 aliphatic heterocycles. The topological polar surface area (TPSA) is 78.9 Å². The number of hydrogen-bond donors (Lipinski definition) is 2. The summed E-state index contributed by atoms with van der Waals surface area (Å²) in [5, 5.41) is 13.7. The van der Waals surface area contributed by atoms with Crippen LogP contribution >= 0.6 is 11.3 Å². The third-order valence-electron chi connectivity index (χ3n) is 1.96. The molecular weight excluding hydrogens is 210 g/mol. The number of nitrogens with zero attached hydrogens (tertiary/aromatic N) is 1. The largest absolute Gasteiger partial charge is 0.320 e. The van der Waals surface area contributed by atoms with Crippen molar-refractivity contribution in [2.75, 3.05) is 5.32 Å². The van der Waals surface area contributed by atoms with Crippen LogP contribution < -0.4 is 11.1 Å². The van der Waals surface area contributed by atoms with Gasteiger partial charge in [-0.1, -0.05) is 13.3 Å². The number of nitriles is 1. The molecule has 1 atom stereocenters. The van der Waals surface area contributed by atoms with Crippen LogP contribution in [-0.4, -0.2) is 11.9 Å². The quantitative estimate of drug-likeness (QED) is 0.815. The zero-order valence-corrected chi connectivity index (χ0v) is 9.30. The highest BCUT2D eigenvalue weighted by atomic mass is 32.1. The van der Waals surface area contributed by atoms with Crippen LogP contribution in [0.4, 0.5) is 5.00 Å². The maximum Gasteiger partial charge on any atom is 0.241 e. The second kappa shape index (κ2) is 5.49. The molecule has 0 saturated heterocycles. The smallest absolute Gasteiger partial charge is 0.241 e. The number of rotatable bonds is 4. The molecule has 5 heteroatoms. The Morgan fingerprint density at radius 1 is 1.80 bits per heavy atom. The molecule has 0 radical (unpaired) electrons. The van der Waals surface area contributed by atoms with Crippen molar-refractivity contribution < 1.29 is 4.79 Å².